The number of primary amides is 1. The molecule has 0 aliphatic heterocycles. The minimum absolute atomic E-state index is 0.0191. The van der Waals surface area contributed by atoms with E-state index in [0.717, 1.165) is 4.68 Å². The summed E-state index contributed by atoms with van der Waals surface area (Å²) < 4.78 is 0.916. The van der Waals surface area contributed by atoms with Crippen molar-refractivity contribution in [1.82, 2.24) is 4.68 Å². The molecule has 0 radical (unpaired) electrons. The molecule has 2 aromatic rings. The van der Waals surface area contributed by atoms with Crippen LogP contribution in [0.5, 0.6) is 5.88 Å². The third-order valence-corrected chi connectivity index (χ3v) is 3.46. The molecule has 128 valence electrons. The molecule has 1 heterocycles. The highest BCUT2D eigenvalue weighted by Crippen LogP contribution is 2.32. The second-order valence-electron chi connectivity index (χ2n) is 5.36. The summed E-state index contributed by atoms with van der Waals surface area (Å²) in [5.74, 6) is -1.05. The lowest BCUT2D eigenvalue weighted by Crippen LogP contribution is -2.37. The van der Waals surface area contributed by atoms with Crippen molar-refractivity contribution in [3.63, 3.8) is 0 Å². The first-order valence-corrected chi connectivity index (χ1v) is 7.15. The van der Waals surface area contributed by atoms with Gasteiger partial charge in [0.2, 0.25) is 11.8 Å². The van der Waals surface area contributed by atoms with Crippen LogP contribution in [0, 0.1) is 18.3 Å². The average molecular weight is 340 g/mol. The standard InChI is InChI=1S/C16H16N6O3/c1-9-12(8-17)15(24)22(21(2)3)16(25)13(9)20-19-11-6-4-5-10(7-11)14(18)23/h4-7,25H,1-3H3,(H2,18,23)/b20-19+. The summed E-state index contributed by atoms with van der Waals surface area (Å²) in [6.07, 6.45) is 0. The van der Waals surface area contributed by atoms with Crippen molar-refractivity contribution in [3.05, 3.63) is 51.3 Å². The summed E-state index contributed by atoms with van der Waals surface area (Å²) in [5, 5.41) is 28.8. The zero-order chi connectivity index (χ0) is 18.7. The fourth-order valence-corrected chi connectivity index (χ4v) is 2.20. The molecule has 0 spiro atoms. The molecule has 1 aromatic carbocycles. The molecule has 9 nitrogen and oxygen atoms in total. The van der Waals surface area contributed by atoms with Gasteiger partial charge in [-0.2, -0.15) is 15.1 Å². The molecule has 3 N–H and O–H groups in total. The Labute approximate surface area is 143 Å². The number of rotatable bonds is 4. The highest BCUT2D eigenvalue weighted by atomic mass is 16.3. The molecule has 0 unspecified atom stereocenters. The molecule has 1 aromatic heterocycles. The number of amides is 1. The largest absolute Gasteiger partial charge is 0.492 e. The van der Waals surface area contributed by atoms with Crippen molar-refractivity contribution in [2.24, 2.45) is 16.0 Å². The highest BCUT2D eigenvalue weighted by molar-refractivity contribution is 5.93. The van der Waals surface area contributed by atoms with Gasteiger partial charge in [-0.25, -0.2) is 0 Å². The van der Waals surface area contributed by atoms with Gasteiger partial charge in [0.1, 0.15) is 11.6 Å². The van der Waals surface area contributed by atoms with E-state index in [2.05, 4.69) is 10.2 Å². The van der Waals surface area contributed by atoms with E-state index >= 15 is 0 Å². The predicted molar refractivity (Wildman–Crippen MR) is 91.0 cm³/mol. The van der Waals surface area contributed by atoms with E-state index < -0.39 is 17.3 Å². The maximum atomic E-state index is 12.2. The lowest BCUT2D eigenvalue weighted by atomic mass is 10.1. The van der Waals surface area contributed by atoms with E-state index in [1.165, 1.54) is 38.2 Å². The smallest absolute Gasteiger partial charge is 0.290 e. The first-order chi connectivity index (χ1) is 11.8. The number of carbonyl (C=O) groups is 1. The normalized spacial score (nSPS) is 10.6. The quantitative estimate of drug-likeness (QED) is 0.811. The van der Waals surface area contributed by atoms with Crippen LogP contribution in [-0.4, -0.2) is 29.8 Å². The number of nitriles is 1. The maximum absolute atomic E-state index is 12.2. The number of hydrogen-bond acceptors (Lipinski definition) is 7. The minimum Gasteiger partial charge on any atom is -0.492 e. The van der Waals surface area contributed by atoms with Gasteiger partial charge >= 0.3 is 0 Å². The molecule has 25 heavy (non-hydrogen) atoms. The summed E-state index contributed by atoms with van der Waals surface area (Å²) >= 11 is 0. The molecule has 0 atom stereocenters. The van der Waals surface area contributed by atoms with Crippen LogP contribution in [0.2, 0.25) is 0 Å². The Kier molecular flexibility index (Phi) is 4.84. The third kappa shape index (κ3) is 3.32. The Morgan fingerprint density at radius 2 is 2.04 bits per heavy atom. The molecule has 2 rings (SSSR count). The molecular formula is C16H16N6O3. The number of aromatic nitrogens is 1. The lowest BCUT2D eigenvalue weighted by Gasteiger charge is -2.19. The lowest BCUT2D eigenvalue weighted by molar-refractivity contribution is 0.100. The fourth-order valence-electron chi connectivity index (χ4n) is 2.20. The van der Waals surface area contributed by atoms with Gasteiger partial charge in [0.15, 0.2) is 5.69 Å². The Bertz CT molecular complexity index is 969. The van der Waals surface area contributed by atoms with Crippen LogP contribution < -0.4 is 16.3 Å². The van der Waals surface area contributed by atoms with Crippen LogP contribution in [0.25, 0.3) is 0 Å². The van der Waals surface area contributed by atoms with E-state index in [4.69, 9.17) is 5.73 Å². The van der Waals surface area contributed by atoms with Crippen molar-refractivity contribution in [1.29, 1.82) is 5.26 Å². The Balaban J connectivity index is 2.62. The predicted octanol–water partition coefficient (Wildman–Crippen LogP) is 1.45. The molecule has 9 heteroatoms. The number of nitrogens with two attached hydrogens (primary N) is 1. The number of azo groups is 1. The van der Waals surface area contributed by atoms with Gasteiger partial charge in [-0.3, -0.25) is 9.59 Å². The number of aromatic hydroxyl groups is 1. The van der Waals surface area contributed by atoms with E-state index in [1.54, 1.807) is 12.1 Å². The molecule has 0 saturated heterocycles. The summed E-state index contributed by atoms with van der Waals surface area (Å²) in [5.41, 5.74) is 5.19. The summed E-state index contributed by atoms with van der Waals surface area (Å²) in [6.45, 7) is 1.49. The topological polar surface area (TPSA) is 137 Å². The van der Waals surface area contributed by atoms with Gasteiger partial charge in [0.25, 0.3) is 5.56 Å². The van der Waals surface area contributed by atoms with Crippen molar-refractivity contribution in [2.45, 2.75) is 6.92 Å². The van der Waals surface area contributed by atoms with Crippen molar-refractivity contribution in [2.75, 3.05) is 19.1 Å². The average Bonchev–Trinajstić information content (AvgIpc) is 2.55. The van der Waals surface area contributed by atoms with Crippen LogP contribution in [-0.2, 0) is 0 Å². The molecule has 0 fully saturated rings. The zero-order valence-corrected chi connectivity index (χ0v) is 13.9. The van der Waals surface area contributed by atoms with E-state index in [1.807, 2.05) is 6.07 Å². The fraction of sp³-hybridized carbons (Fsp3) is 0.188. The summed E-state index contributed by atoms with van der Waals surface area (Å²) in [7, 11) is 3.07. The van der Waals surface area contributed by atoms with Crippen LogP contribution in [0.3, 0.4) is 0 Å². The second-order valence-corrected chi connectivity index (χ2v) is 5.36. The number of pyridine rings is 1. The number of carbonyl (C=O) groups excluding carboxylic acids is 1. The maximum Gasteiger partial charge on any atom is 0.290 e. The number of hydrogen-bond donors (Lipinski definition) is 2. The molecule has 0 aliphatic rings. The second kappa shape index (κ2) is 6.84. The Morgan fingerprint density at radius 3 is 2.60 bits per heavy atom. The summed E-state index contributed by atoms with van der Waals surface area (Å²) in [6, 6.07) is 7.96. The first kappa shape index (κ1) is 17.7. The highest BCUT2D eigenvalue weighted by Gasteiger charge is 2.20. The van der Waals surface area contributed by atoms with Crippen LogP contribution in [0.4, 0.5) is 11.4 Å². The van der Waals surface area contributed by atoms with Gasteiger partial charge in [-0.15, -0.1) is 5.11 Å². The zero-order valence-electron chi connectivity index (χ0n) is 13.9. The van der Waals surface area contributed by atoms with Crippen LogP contribution in [0.1, 0.15) is 21.5 Å². The van der Waals surface area contributed by atoms with E-state index in [-0.39, 0.29) is 22.4 Å². The molecule has 0 aliphatic carbocycles. The van der Waals surface area contributed by atoms with Crippen LogP contribution in [0.15, 0.2) is 39.3 Å². The molecule has 1 amide bonds. The van der Waals surface area contributed by atoms with Crippen molar-refractivity contribution < 1.29 is 9.90 Å². The minimum atomic E-state index is -0.655. The van der Waals surface area contributed by atoms with E-state index in [0.29, 0.717) is 5.69 Å². The van der Waals surface area contributed by atoms with Crippen molar-refractivity contribution >= 4 is 17.3 Å². The van der Waals surface area contributed by atoms with Crippen LogP contribution >= 0.6 is 0 Å². The molecular weight excluding hydrogens is 324 g/mol. The SMILES string of the molecule is Cc1c(/N=N/c2cccc(C(N)=O)c2)c(O)n(N(C)C)c(=O)c1C#N. The van der Waals surface area contributed by atoms with Gasteiger partial charge in [-0.05, 0) is 25.1 Å². The first-order valence-electron chi connectivity index (χ1n) is 7.15. The third-order valence-electron chi connectivity index (χ3n) is 3.46. The number of benzene rings is 1. The Hall–Kier alpha value is -3.67. The van der Waals surface area contributed by atoms with Gasteiger partial charge < -0.3 is 15.8 Å². The van der Waals surface area contributed by atoms with Gasteiger partial charge in [0.05, 0.1) is 5.69 Å². The van der Waals surface area contributed by atoms with Gasteiger partial charge in [0, 0.05) is 25.2 Å². The monoisotopic (exact) mass is 340 g/mol. The van der Waals surface area contributed by atoms with Gasteiger partial charge in [-0.1, -0.05) is 6.07 Å². The molecule has 0 saturated carbocycles. The van der Waals surface area contributed by atoms with Crippen molar-refractivity contribution in [3.8, 4) is 11.9 Å². The van der Waals surface area contributed by atoms with E-state index in [9.17, 15) is 20.0 Å². The molecule has 0 bridgehead atoms. The number of nitrogens with zero attached hydrogens (tertiary/aromatic N) is 5. The summed E-state index contributed by atoms with van der Waals surface area (Å²) in [4.78, 5) is 23.5. The Morgan fingerprint density at radius 1 is 1.36 bits per heavy atom.